The second-order valence-corrected chi connectivity index (χ2v) is 4.08. The minimum absolute atomic E-state index is 0.358. The van der Waals surface area contributed by atoms with Crippen molar-refractivity contribution in [2.24, 2.45) is 0 Å². The van der Waals surface area contributed by atoms with Crippen molar-refractivity contribution in [1.82, 2.24) is 10.6 Å². The van der Waals surface area contributed by atoms with Crippen LogP contribution in [0.1, 0.15) is 20.7 Å². The Morgan fingerprint density at radius 3 is 2.78 bits per heavy atom. The number of imide groups is 1. The van der Waals surface area contributed by atoms with Crippen LogP contribution in [-0.2, 0) is 0 Å². The number of anilines is 1. The van der Waals surface area contributed by atoms with Crippen LogP contribution in [0.2, 0.25) is 0 Å². The quantitative estimate of drug-likeness (QED) is 0.431. The van der Waals surface area contributed by atoms with Gasteiger partial charge in [0, 0.05) is 12.2 Å². The van der Waals surface area contributed by atoms with E-state index in [4.69, 9.17) is 12.2 Å². The van der Waals surface area contributed by atoms with E-state index in [1.165, 1.54) is 0 Å². The molecule has 0 unspecified atom stereocenters. The normalized spacial score (nSPS) is 12.7. The van der Waals surface area contributed by atoms with Crippen LogP contribution in [0.15, 0.2) is 30.9 Å². The molecule has 1 aromatic carbocycles. The van der Waals surface area contributed by atoms with Crippen molar-refractivity contribution in [3.8, 4) is 0 Å². The zero-order valence-corrected chi connectivity index (χ0v) is 10.3. The highest BCUT2D eigenvalue weighted by molar-refractivity contribution is 7.80. The maximum atomic E-state index is 11.5. The van der Waals surface area contributed by atoms with Crippen molar-refractivity contribution in [2.45, 2.75) is 0 Å². The number of rotatable bonds is 3. The number of hydrogen-bond donors (Lipinski definition) is 3. The third-order valence-corrected chi connectivity index (χ3v) is 2.65. The molecule has 0 saturated heterocycles. The van der Waals surface area contributed by atoms with E-state index in [0.717, 1.165) is 0 Å². The molecule has 0 radical (unpaired) electrons. The summed E-state index contributed by atoms with van der Waals surface area (Å²) in [6, 6.07) is 4.88. The SMILES string of the molecule is C=CCNC(=S)Nc1ccc2c(c1)C(=O)NC2=O. The number of nitrogens with one attached hydrogen (secondary N) is 3. The number of carbonyl (C=O) groups excluding carboxylic acids is 2. The van der Waals surface area contributed by atoms with Crippen molar-refractivity contribution in [3.63, 3.8) is 0 Å². The van der Waals surface area contributed by atoms with Gasteiger partial charge in [0.25, 0.3) is 11.8 Å². The van der Waals surface area contributed by atoms with Crippen LogP contribution in [0.5, 0.6) is 0 Å². The lowest BCUT2D eigenvalue weighted by Crippen LogP contribution is -2.28. The molecule has 1 aromatic rings. The molecule has 2 rings (SSSR count). The van der Waals surface area contributed by atoms with Gasteiger partial charge in [-0.1, -0.05) is 6.08 Å². The molecule has 0 fully saturated rings. The van der Waals surface area contributed by atoms with E-state index >= 15 is 0 Å². The lowest BCUT2D eigenvalue weighted by molar-refractivity contribution is 0.0879. The van der Waals surface area contributed by atoms with Crippen molar-refractivity contribution in [1.29, 1.82) is 0 Å². The average Bonchev–Trinajstić information content (AvgIpc) is 2.62. The molecule has 0 saturated carbocycles. The summed E-state index contributed by atoms with van der Waals surface area (Å²) in [7, 11) is 0. The molecule has 3 N–H and O–H groups in total. The summed E-state index contributed by atoms with van der Waals surface area (Å²) in [5.41, 5.74) is 1.40. The maximum Gasteiger partial charge on any atom is 0.259 e. The molecule has 1 aliphatic heterocycles. The Morgan fingerprint density at radius 1 is 1.33 bits per heavy atom. The van der Waals surface area contributed by atoms with Crippen LogP contribution < -0.4 is 16.0 Å². The number of benzene rings is 1. The molecule has 6 heteroatoms. The Hall–Kier alpha value is -2.21. The Morgan fingerprint density at radius 2 is 2.06 bits per heavy atom. The summed E-state index contributed by atoms with van der Waals surface area (Å²) in [5.74, 6) is -0.752. The number of carbonyl (C=O) groups is 2. The minimum Gasteiger partial charge on any atom is -0.359 e. The van der Waals surface area contributed by atoms with Gasteiger partial charge in [0.05, 0.1) is 11.1 Å². The number of fused-ring (bicyclic) bond motifs is 1. The van der Waals surface area contributed by atoms with Gasteiger partial charge in [-0.3, -0.25) is 14.9 Å². The van der Waals surface area contributed by atoms with Crippen molar-refractivity contribution >= 4 is 34.8 Å². The monoisotopic (exact) mass is 261 g/mol. The molecule has 1 heterocycles. The summed E-state index contributed by atoms with van der Waals surface area (Å²) >= 11 is 5.04. The largest absolute Gasteiger partial charge is 0.359 e. The van der Waals surface area contributed by atoms with Gasteiger partial charge < -0.3 is 10.6 Å². The fourth-order valence-electron chi connectivity index (χ4n) is 1.59. The van der Waals surface area contributed by atoms with E-state index in [1.54, 1.807) is 24.3 Å². The van der Waals surface area contributed by atoms with E-state index in [0.29, 0.717) is 28.5 Å². The predicted molar refractivity (Wildman–Crippen MR) is 72.7 cm³/mol. The molecule has 0 atom stereocenters. The number of thiocarbonyl (C=S) groups is 1. The highest BCUT2D eigenvalue weighted by Crippen LogP contribution is 2.20. The summed E-state index contributed by atoms with van der Waals surface area (Å²) in [6.45, 7) is 4.12. The van der Waals surface area contributed by atoms with Gasteiger partial charge in [-0.2, -0.15) is 0 Å². The zero-order chi connectivity index (χ0) is 13.1. The van der Waals surface area contributed by atoms with Crippen LogP contribution in [0.3, 0.4) is 0 Å². The highest BCUT2D eigenvalue weighted by atomic mass is 32.1. The Bertz CT molecular complexity index is 554. The van der Waals surface area contributed by atoms with Crippen molar-refractivity contribution in [3.05, 3.63) is 42.0 Å². The Balaban J connectivity index is 2.15. The lowest BCUT2D eigenvalue weighted by Gasteiger charge is -2.09. The first-order valence-corrected chi connectivity index (χ1v) is 5.68. The van der Waals surface area contributed by atoms with Gasteiger partial charge in [-0.25, -0.2) is 0 Å². The fraction of sp³-hybridized carbons (Fsp3) is 0.0833. The van der Waals surface area contributed by atoms with E-state index in [1.807, 2.05) is 0 Å². The summed E-state index contributed by atoms with van der Waals surface area (Å²) in [4.78, 5) is 22.8. The Kier molecular flexibility index (Phi) is 3.38. The van der Waals surface area contributed by atoms with E-state index in [-0.39, 0.29) is 11.8 Å². The maximum absolute atomic E-state index is 11.5. The first kappa shape index (κ1) is 12.3. The molecule has 0 aromatic heterocycles. The molecule has 92 valence electrons. The molecule has 0 aliphatic carbocycles. The van der Waals surface area contributed by atoms with Crippen molar-refractivity contribution in [2.75, 3.05) is 11.9 Å². The van der Waals surface area contributed by atoms with Crippen LogP contribution in [0.25, 0.3) is 0 Å². The van der Waals surface area contributed by atoms with Crippen LogP contribution in [0.4, 0.5) is 5.69 Å². The molecule has 18 heavy (non-hydrogen) atoms. The van der Waals surface area contributed by atoms with Gasteiger partial charge in [0.2, 0.25) is 0 Å². The van der Waals surface area contributed by atoms with Gasteiger partial charge in [-0.05, 0) is 30.4 Å². The third kappa shape index (κ3) is 2.38. The second kappa shape index (κ2) is 4.97. The predicted octanol–water partition coefficient (Wildman–Crippen LogP) is 1.04. The van der Waals surface area contributed by atoms with E-state index in [9.17, 15) is 9.59 Å². The van der Waals surface area contributed by atoms with Gasteiger partial charge in [-0.15, -0.1) is 6.58 Å². The summed E-state index contributed by atoms with van der Waals surface area (Å²) in [6.07, 6.45) is 1.68. The lowest BCUT2D eigenvalue weighted by atomic mass is 10.1. The molecular formula is C12H11N3O2S. The number of amides is 2. The first-order valence-electron chi connectivity index (χ1n) is 5.27. The topological polar surface area (TPSA) is 70.2 Å². The van der Waals surface area contributed by atoms with Crippen LogP contribution in [0, 0.1) is 0 Å². The van der Waals surface area contributed by atoms with Crippen molar-refractivity contribution < 1.29 is 9.59 Å². The average molecular weight is 261 g/mol. The van der Waals surface area contributed by atoms with E-state index in [2.05, 4.69) is 22.5 Å². The van der Waals surface area contributed by atoms with Gasteiger partial charge in [0.15, 0.2) is 5.11 Å². The molecule has 5 nitrogen and oxygen atoms in total. The molecule has 2 amide bonds. The smallest absolute Gasteiger partial charge is 0.259 e. The Labute approximate surface area is 109 Å². The van der Waals surface area contributed by atoms with Gasteiger partial charge in [0.1, 0.15) is 0 Å². The fourth-order valence-corrected chi connectivity index (χ4v) is 1.79. The third-order valence-electron chi connectivity index (χ3n) is 2.40. The number of hydrogen-bond acceptors (Lipinski definition) is 3. The minimum atomic E-state index is -0.386. The first-order chi connectivity index (χ1) is 8.61. The zero-order valence-electron chi connectivity index (χ0n) is 9.45. The second-order valence-electron chi connectivity index (χ2n) is 3.67. The molecular weight excluding hydrogens is 250 g/mol. The van der Waals surface area contributed by atoms with Crippen LogP contribution >= 0.6 is 12.2 Å². The summed E-state index contributed by atoms with van der Waals surface area (Å²) in [5, 5.41) is 8.49. The molecule has 0 spiro atoms. The summed E-state index contributed by atoms with van der Waals surface area (Å²) < 4.78 is 0. The van der Waals surface area contributed by atoms with E-state index < -0.39 is 0 Å². The van der Waals surface area contributed by atoms with Gasteiger partial charge >= 0.3 is 0 Å². The van der Waals surface area contributed by atoms with Crippen LogP contribution in [-0.4, -0.2) is 23.5 Å². The molecule has 0 bridgehead atoms. The highest BCUT2D eigenvalue weighted by Gasteiger charge is 2.26. The molecule has 1 aliphatic rings. The standard InChI is InChI=1S/C12H11N3O2S/c1-2-5-13-12(18)14-7-3-4-8-9(6-7)11(17)15-10(8)16/h2-4,6H,1,5H2,(H2,13,14,18)(H,15,16,17).